The van der Waals surface area contributed by atoms with Crippen molar-refractivity contribution in [2.24, 2.45) is 5.92 Å². The maximum atomic E-state index is 13.6. The average molecular weight is 436 g/mol. The Hall–Kier alpha value is -3.15. The summed E-state index contributed by atoms with van der Waals surface area (Å²) in [5, 5.41) is 0.600. The molecular formula is C26H33N3O3. The minimum Gasteiger partial charge on any atom is -0.497 e. The number of aromatic nitrogens is 2. The van der Waals surface area contributed by atoms with Crippen molar-refractivity contribution in [2.45, 2.75) is 53.1 Å². The number of nitrogens with zero attached hydrogens (tertiary/aromatic N) is 3. The molecular weight excluding hydrogens is 402 g/mol. The van der Waals surface area contributed by atoms with Gasteiger partial charge in [-0.05, 0) is 62.1 Å². The number of benzene rings is 2. The molecule has 3 aromatic rings. The van der Waals surface area contributed by atoms with Crippen LogP contribution in [0.5, 0.6) is 5.75 Å². The zero-order chi connectivity index (χ0) is 23.3. The molecule has 0 saturated carbocycles. The third-order valence-electron chi connectivity index (χ3n) is 5.81. The summed E-state index contributed by atoms with van der Waals surface area (Å²) in [6.07, 6.45) is 1.52. The topological polar surface area (TPSA) is 64.4 Å². The second kappa shape index (κ2) is 10.4. The van der Waals surface area contributed by atoms with Gasteiger partial charge in [-0.3, -0.25) is 14.2 Å². The summed E-state index contributed by atoms with van der Waals surface area (Å²) in [7, 11) is 1.61. The van der Waals surface area contributed by atoms with Crippen LogP contribution in [0.1, 0.15) is 62.8 Å². The summed E-state index contributed by atoms with van der Waals surface area (Å²) in [6.45, 7) is 9.36. The summed E-state index contributed by atoms with van der Waals surface area (Å²) in [6, 6.07) is 14.3. The van der Waals surface area contributed by atoms with Gasteiger partial charge in [-0.1, -0.05) is 32.9 Å². The molecule has 0 spiro atoms. The fraction of sp³-hybridized carbons (Fsp3) is 0.423. The van der Waals surface area contributed by atoms with Crippen molar-refractivity contribution < 1.29 is 9.53 Å². The van der Waals surface area contributed by atoms with Crippen molar-refractivity contribution in [3.63, 3.8) is 0 Å². The molecule has 0 N–H and O–H groups in total. The molecule has 2 aromatic carbocycles. The van der Waals surface area contributed by atoms with E-state index in [4.69, 9.17) is 9.72 Å². The molecule has 0 saturated heterocycles. The van der Waals surface area contributed by atoms with E-state index in [0.29, 0.717) is 53.5 Å². The summed E-state index contributed by atoms with van der Waals surface area (Å²) >= 11 is 0. The number of methoxy groups -OCH3 is 1. The predicted octanol–water partition coefficient (Wildman–Crippen LogP) is 5.06. The van der Waals surface area contributed by atoms with Gasteiger partial charge in [-0.2, -0.15) is 0 Å². The number of carbonyl (C=O) groups is 1. The van der Waals surface area contributed by atoms with Gasteiger partial charge >= 0.3 is 0 Å². The monoisotopic (exact) mass is 435 g/mol. The normalized spacial score (nSPS) is 12.2. The Morgan fingerprint density at radius 2 is 1.78 bits per heavy atom. The molecule has 0 aliphatic carbocycles. The first-order valence-electron chi connectivity index (χ1n) is 11.4. The molecule has 32 heavy (non-hydrogen) atoms. The number of hydrogen-bond acceptors (Lipinski definition) is 4. The zero-order valence-corrected chi connectivity index (χ0v) is 19.7. The van der Waals surface area contributed by atoms with Crippen molar-refractivity contribution in [1.82, 2.24) is 14.5 Å². The smallest absolute Gasteiger partial charge is 0.261 e. The highest BCUT2D eigenvalue weighted by Crippen LogP contribution is 2.27. The van der Waals surface area contributed by atoms with Crippen molar-refractivity contribution in [3.05, 3.63) is 70.3 Å². The first-order valence-corrected chi connectivity index (χ1v) is 11.4. The molecule has 3 rings (SSSR count). The standard InChI is InChI=1S/C26H33N3O3/c1-6-23(24-27-22-11-9-8-10-21(22)26(31)28(24)7-2)29(17-16-18(3)4)25(30)19-12-14-20(32-5)15-13-19/h8-15,18,23H,6-7,16-17H2,1-5H3. The van der Waals surface area contributed by atoms with Crippen molar-refractivity contribution in [3.8, 4) is 5.75 Å². The molecule has 0 aliphatic heterocycles. The molecule has 0 radical (unpaired) electrons. The predicted molar refractivity (Wildman–Crippen MR) is 128 cm³/mol. The molecule has 0 bridgehead atoms. The molecule has 1 heterocycles. The van der Waals surface area contributed by atoms with Crippen LogP contribution in [0.15, 0.2) is 53.3 Å². The van der Waals surface area contributed by atoms with Gasteiger partial charge in [0.1, 0.15) is 11.6 Å². The zero-order valence-electron chi connectivity index (χ0n) is 19.7. The average Bonchev–Trinajstić information content (AvgIpc) is 2.81. The van der Waals surface area contributed by atoms with Gasteiger partial charge in [0, 0.05) is 18.7 Å². The lowest BCUT2D eigenvalue weighted by atomic mass is 10.0. The summed E-state index contributed by atoms with van der Waals surface area (Å²) < 4.78 is 6.95. The molecule has 1 amide bonds. The van der Waals surface area contributed by atoms with E-state index in [1.807, 2.05) is 36.9 Å². The Morgan fingerprint density at radius 3 is 2.38 bits per heavy atom. The molecule has 6 nitrogen and oxygen atoms in total. The molecule has 1 unspecified atom stereocenters. The first kappa shape index (κ1) is 23.5. The highest BCUT2D eigenvalue weighted by molar-refractivity contribution is 5.94. The summed E-state index contributed by atoms with van der Waals surface area (Å²) in [5.41, 5.74) is 1.20. The Kier molecular flexibility index (Phi) is 7.67. The summed E-state index contributed by atoms with van der Waals surface area (Å²) in [4.78, 5) is 33.6. The summed E-state index contributed by atoms with van der Waals surface area (Å²) in [5.74, 6) is 1.73. The van der Waals surface area contributed by atoms with Crippen LogP contribution in [-0.4, -0.2) is 34.0 Å². The fourth-order valence-corrected chi connectivity index (χ4v) is 3.98. The fourth-order valence-electron chi connectivity index (χ4n) is 3.98. The van der Waals surface area contributed by atoms with Crippen LogP contribution >= 0.6 is 0 Å². The van der Waals surface area contributed by atoms with Crippen molar-refractivity contribution in [1.29, 1.82) is 0 Å². The Bertz CT molecular complexity index is 1120. The largest absolute Gasteiger partial charge is 0.497 e. The van der Waals surface area contributed by atoms with E-state index in [2.05, 4.69) is 13.8 Å². The quantitative estimate of drug-likeness (QED) is 0.471. The van der Waals surface area contributed by atoms with E-state index >= 15 is 0 Å². The van der Waals surface area contributed by atoms with Gasteiger partial charge in [0.25, 0.3) is 11.5 Å². The molecule has 1 aromatic heterocycles. The second-order valence-electron chi connectivity index (χ2n) is 8.37. The third kappa shape index (κ3) is 4.85. The second-order valence-corrected chi connectivity index (χ2v) is 8.37. The number of rotatable bonds is 9. The number of hydrogen-bond donors (Lipinski definition) is 0. The van der Waals surface area contributed by atoms with Gasteiger partial charge in [0.15, 0.2) is 0 Å². The number of carbonyl (C=O) groups excluding carboxylic acids is 1. The van der Waals surface area contributed by atoms with E-state index < -0.39 is 0 Å². The van der Waals surface area contributed by atoms with Crippen molar-refractivity contribution >= 4 is 16.8 Å². The van der Waals surface area contributed by atoms with E-state index in [1.54, 1.807) is 42.0 Å². The Balaban J connectivity index is 2.11. The maximum Gasteiger partial charge on any atom is 0.261 e. The third-order valence-corrected chi connectivity index (χ3v) is 5.81. The highest BCUT2D eigenvalue weighted by Gasteiger charge is 2.29. The molecule has 0 fully saturated rings. The lowest BCUT2D eigenvalue weighted by Gasteiger charge is -2.33. The lowest BCUT2D eigenvalue weighted by molar-refractivity contribution is 0.0646. The Labute approximate surface area is 189 Å². The molecule has 0 aliphatic rings. The molecule has 1 atom stereocenters. The van der Waals surface area contributed by atoms with E-state index in [9.17, 15) is 9.59 Å². The van der Waals surface area contributed by atoms with Gasteiger partial charge in [-0.15, -0.1) is 0 Å². The van der Waals surface area contributed by atoms with Crippen LogP contribution < -0.4 is 10.3 Å². The Morgan fingerprint density at radius 1 is 1.09 bits per heavy atom. The number of fused-ring (bicyclic) bond motifs is 1. The molecule has 6 heteroatoms. The minimum absolute atomic E-state index is 0.0627. The SMILES string of the molecule is CCC(c1nc2ccccc2c(=O)n1CC)N(CCC(C)C)C(=O)c1ccc(OC)cc1. The van der Waals surface area contributed by atoms with E-state index in [1.165, 1.54) is 0 Å². The van der Waals surface area contributed by atoms with E-state index in [-0.39, 0.29) is 17.5 Å². The van der Waals surface area contributed by atoms with Crippen LogP contribution in [0.25, 0.3) is 10.9 Å². The number of para-hydroxylation sites is 1. The van der Waals surface area contributed by atoms with E-state index in [0.717, 1.165) is 6.42 Å². The van der Waals surface area contributed by atoms with Gasteiger partial charge < -0.3 is 9.64 Å². The van der Waals surface area contributed by atoms with Gasteiger partial charge in [-0.25, -0.2) is 4.98 Å². The van der Waals surface area contributed by atoms with Crippen LogP contribution in [-0.2, 0) is 6.54 Å². The van der Waals surface area contributed by atoms with Crippen LogP contribution in [0, 0.1) is 5.92 Å². The lowest BCUT2D eigenvalue weighted by Crippen LogP contribution is -2.39. The van der Waals surface area contributed by atoms with Crippen LogP contribution in [0.2, 0.25) is 0 Å². The van der Waals surface area contributed by atoms with Crippen molar-refractivity contribution in [2.75, 3.05) is 13.7 Å². The van der Waals surface area contributed by atoms with Gasteiger partial charge in [0.05, 0.1) is 24.1 Å². The molecule has 170 valence electrons. The minimum atomic E-state index is -0.305. The highest BCUT2D eigenvalue weighted by atomic mass is 16.5. The first-order chi connectivity index (χ1) is 15.4. The maximum absolute atomic E-state index is 13.6. The van der Waals surface area contributed by atoms with Crippen LogP contribution in [0.4, 0.5) is 0 Å². The number of amides is 1. The van der Waals surface area contributed by atoms with Gasteiger partial charge in [0.2, 0.25) is 0 Å². The number of ether oxygens (including phenoxy) is 1. The van der Waals surface area contributed by atoms with Crippen LogP contribution in [0.3, 0.4) is 0 Å².